The van der Waals surface area contributed by atoms with E-state index in [0.29, 0.717) is 17.9 Å². The molecular weight excluding hydrogens is 321 g/mol. The number of alkyl halides is 3. The number of rotatable bonds is 5. The van der Waals surface area contributed by atoms with Crippen molar-refractivity contribution in [1.29, 1.82) is 0 Å². The molecule has 9 heteroatoms. The lowest BCUT2D eigenvalue weighted by Gasteiger charge is -2.18. The molecule has 0 unspecified atom stereocenters. The Hall–Kier alpha value is -2.68. The van der Waals surface area contributed by atoms with E-state index in [0.717, 1.165) is 17.8 Å². The molecule has 3 aromatic rings. The summed E-state index contributed by atoms with van der Waals surface area (Å²) in [5.41, 5.74) is 0.641. The van der Waals surface area contributed by atoms with Crippen LogP contribution in [0.25, 0.3) is 0 Å². The number of nitrogens with one attached hydrogen (secondary N) is 2. The maximum atomic E-state index is 13.0. The average Bonchev–Trinajstić information content (AvgIpc) is 3.20. The monoisotopic (exact) mass is 336 g/mol. The highest BCUT2D eigenvalue weighted by Gasteiger charge is 2.31. The summed E-state index contributed by atoms with van der Waals surface area (Å²) in [6.45, 7) is 0.415. The van der Waals surface area contributed by atoms with Crippen LogP contribution in [0.3, 0.4) is 0 Å². The van der Waals surface area contributed by atoms with Crippen LogP contribution < -0.4 is 5.32 Å². The van der Waals surface area contributed by atoms with Crippen molar-refractivity contribution in [3.63, 3.8) is 0 Å². The Morgan fingerprint density at radius 2 is 2.12 bits per heavy atom. The summed E-state index contributed by atoms with van der Waals surface area (Å²) < 4.78 is 40.6. The van der Waals surface area contributed by atoms with E-state index < -0.39 is 17.8 Å². The summed E-state index contributed by atoms with van der Waals surface area (Å²) >= 11 is 0. The molecule has 0 aliphatic carbocycles. The lowest BCUT2D eigenvalue weighted by molar-refractivity contribution is -0.137. The van der Waals surface area contributed by atoms with Crippen molar-refractivity contribution < 1.29 is 13.2 Å². The van der Waals surface area contributed by atoms with Gasteiger partial charge in [-0.25, -0.2) is 4.98 Å². The molecule has 126 valence electrons. The number of halogens is 3. The fourth-order valence-corrected chi connectivity index (χ4v) is 2.40. The molecule has 2 N–H and O–H groups in total. The minimum absolute atomic E-state index is 0.415. The van der Waals surface area contributed by atoms with Crippen LogP contribution in [0, 0.1) is 0 Å². The average molecular weight is 336 g/mol. The van der Waals surface area contributed by atoms with Crippen LogP contribution >= 0.6 is 0 Å². The fourth-order valence-electron chi connectivity index (χ4n) is 2.40. The first-order chi connectivity index (χ1) is 11.4. The van der Waals surface area contributed by atoms with Crippen LogP contribution in [0.4, 0.5) is 13.2 Å². The van der Waals surface area contributed by atoms with Crippen molar-refractivity contribution in [2.24, 2.45) is 7.05 Å². The van der Waals surface area contributed by atoms with Crippen molar-refractivity contribution in [3.05, 3.63) is 65.5 Å². The minimum atomic E-state index is -4.40. The number of hydrogen-bond acceptors (Lipinski definition) is 4. The Balaban J connectivity index is 1.90. The van der Waals surface area contributed by atoms with Gasteiger partial charge in [0.25, 0.3) is 0 Å². The van der Waals surface area contributed by atoms with E-state index in [2.05, 4.69) is 25.6 Å². The van der Waals surface area contributed by atoms with Crippen molar-refractivity contribution >= 4 is 0 Å². The van der Waals surface area contributed by atoms with E-state index in [1.165, 1.54) is 12.4 Å². The highest BCUT2D eigenvalue weighted by molar-refractivity contribution is 5.31. The van der Waals surface area contributed by atoms with Gasteiger partial charge < -0.3 is 0 Å². The fraction of sp³-hybridized carbons (Fsp3) is 0.267. The quantitative estimate of drug-likeness (QED) is 0.751. The number of hydrogen-bond donors (Lipinski definition) is 2. The van der Waals surface area contributed by atoms with E-state index in [1.54, 1.807) is 24.0 Å². The molecule has 3 rings (SSSR count). The second-order valence-electron chi connectivity index (χ2n) is 5.25. The highest BCUT2D eigenvalue weighted by atomic mass is 19.4. The Labute approximate surface area is 135 Å². The number of benzene rings is 1. The molecule has 2 aromatic heterocycles. The molecule has 0 radical (unpaired) electrons. The Kier molecular flexibility index (Phi) is 4.34. The van der Waals surface area contributed by atoms with Crippen LogP contribution in [-0.4, -0.2) is 25.0 Å². The summed E-state index contributed by atoms with van der Waals surface area (Å²) in [6.07, 6.45) is -1.42. The van der Waals surface area contributed by atoms with Gasteiger partial charge in [-0.1, -0.05) is 12.1 Å². The zero-order valence-corrected chi connectivity index (χ0v) is 12.7. The second kappa shape index (κ2) is 6.44. The third-order valence-electron chi connectivity index (χ3n) is 3.66. The summed E-state index contributed by atoms with van der Waals surface area (Å²) in [6, 6.07) is 6.44. The number of nitrogens with zero attached hydrogens (tertiary/aromatic N) is 4. The van der Waals surface area contributed by atoms with Crippen LogP contribution in [-0.2, 0) is 19.8 Å². The lowest BCUT2D eigenvalue weighted by atomic mass is 10.0. The normalized spacial score (nSPS) is 13.2. The van der Waals surface area contributed by atoms with Crippen molar-refractivity contribution in [1.82, 2.24) is 30.3 Å². The van der Waals surface area contributed by atoms with Gasteiger partial charge in [-0.3, -0.25) is 15.1 Å². The van der Waals surface area contributed by atoms with Crippen LogP contribution in [0.15, 0.2) is 42.9 Å². The molecule has 0 saturated carbocycles. The Morgan fingerprint density at radius 3 is 2.75 bits per heavy atom. The maximum absolute atomic E-state index is 13.0. The summed E-state index contributed by atoms with van der Waals surface area (Å²) in [5.74, 6) is 0.441. The van der Waals surface area contributed by atoms with Crippen molar-refractivity contribution in [2.75, 3.05) is 0 Å². The summed E-state index contributed by atoms with van der Waals surface area (Å²) in [5, 5.41) is 13.8. The van der Waals surface area contributed by atoms with Gasteiger partial charge in [0, 0.05) is 19.8 Å². The van der Waals surface area contributed by atoms with E-state index in [4.69, 9.17) is 0 Å². The standard InChI is InChI=1S/C15H15F3N6/c1-24-12(5-6-22-24)8-19-13(14-20-9-21-23-14)10-3-2-4-11(7-10)15(16,17)18/h2-7,9,13,19H,8H2,1H3,(H,20,21,23)/t13-/m0/s1. The Morgan fingerprint density at radius 1 is 1.29 bits per heavy atom. The second-order valence-corrected chi connectivity index (χ2v) is 5.25. The molecule has 24 heavy (non-hydrogen) atoms. The van der Waals surface area contributed by atoms with Crippen molar-refractivity contribution in [3.8, 4) is 0 Å². The topological polar surface area (TPSA) is 71.4 Å². The van der Waals surface area contributed by atoms with Gasteiger partial charge in [-0.05, 0) is 23.8 Å². The number of H-pyrrole nitrogens is 1. The first kappa shape index (κ1) is 16.2. The molecule has 0 aliphatic heterocycles. The van der Waals surface area contributed by atoms with Gasteiger partial charge in [0.1, 0.15) is 12.2 Å². The Bertz CT molecular complexity index is 794. The van der Waals surface area contributed by atoms with Gasteiger partial charge in [0.2, 0.25) is 0 Å². The molecule has 0 spiro atoms. The van der Waals surface area contributed by atoms with E-state index >= 15 is 0 Å². The van der Waals surface area contributed by atoms with Gasteiger partial charge >= 0.3 is 6.18 Å². The third-order valence-corrected chi connectivity index (χ3v) is 3.66. The van der Waals surface area contributed by atoms with Gasteiger partial charge in [-0.15, -0.1) is 0 Å². The van der Waals surface area contributed by atoms with Crippen molar-refractivity contribution in [2.45, 2.75) is 18.8 Å². The largest absolute Gasteiger partial charge is 0.416 e. The van der Waals surface area contributed by atoms with Crippen LogP contribution in [0.1, 0.15) is 28.7 Å². The molecule has 0 aliphatic rings. The molecule has 0 amide bonds. The first-order valence-electron chi connectivity index (χ1n) is 7.18. The molecular formula is C15H15F3N6. The number of aryl methyl sites for hydroxylation is 1. The molecule has 0 bridgehead atoms. The molecule has 1 aromatic carbocycles. The zero-order chi connectivity index (χ0) is 17.2. The SMILES string of the molecule is Cn1nccc1CN[C@@H](c1cccc(C(F)(F)F)c1)c1ncn[nH]1. The molecule has 1 atom stereocenters. The molecule has 0 saturated heterocycles. The molecule has 6 nitrogen and oxygen atoms in total. The third kappa shape index (κ3) is 3.46. The van der Waals surface area contributed by atoms with E-state index in [9.17, 15) is 13.2 Å². The summed E-state index contributed by atoms with van der Waals surface area (Å²) in [4.78, 5) is 4.07. The van der Waals surface area contributed by atoms with E-state index in [-0.39, 0.29) is 0 Å². The number of aromatic amines is 1. The molecule has 0 fully saturated rings. The summed E-state index contributed by atoms with van der Waals surface area (Å²) in [7, 11) is 1.80. The van der Waals surface area contributed by atoms with Gasteiger partial charge in [0.05, 0.1) is 17.3 Å². The maximum Gasteiger partial charge on any atom is 0.416 e. The van der Waals surface area contributed by atoms with Gasteiger partial charge in [0.15, 0.2) is 0 Å². The molecule has 2 heterocycles. The van der Waals surface area contributed by atoms with Gasteiger partial charge in [-0.2, -0.15) is 23.4 Å². The predicted molar refractivity (Wildman–Crippen MR) is 79.7 cm³/mol. The van der Waals surface area contributed by atoms with Crippen LogP contribution in [0.2, 0.25) is 0 Å². The lowest BCUT2D eigenvalue weighted by Crippen LogP contribution is -2.24. The zero-order valence-electron chi connectivity index (χ0n) is 12.7. The minimum Gasteiger partial charge on any atom is -0.298 e. The van der Waals surface area contributed by atoms with Crippen LogP contribution in [0.5, 0.6) is 0 Å². The van der Waals surface area contributed by atoms with E-state index in [1.807, 2.05) is 6.07 Å². The highest BCUT2D eigenvalue weighted by Crippen LogP contribution is 2.31. The number of aromatic nitrogens is 5. The smallest absolute Gasteiger partial charge is 0.298 e. The predicted octanol–water partition coefficient (Wildman–Crippen LogP) is 2.44. The first-order valence-corrected chi connectivity index (χ1v) is 7.18.